The topological polar surface area (TPSA) is 26.3 Å². The first-order valence-electron chi connectivity index (χ1n) is 5.53. The van der Waals surface area contributed by atoms with Gasteiger partial charge in [0, 0.05) is 0 Å². The highest BCUT2D eigenvalue weighted by Gasteiger charge is 2.39. The molecule has 1 fully saturated rings. The number of carbonyl (C=O) groups is 1. The second kappa shape index (κ2) is 5.18. The third-order valence-corrected chi connectivity index (χ3v) is 3.05. The lowest BCUT2D eigenvalue weighted by atomic mass is 9.72. The summed E-state index contributed by atoms with van der Waals surface area (Å²) in [4.78, 5) is 11.8. The van der Waals surface area contributed by atoms with Gasteiger partial charge in [0.25, 0.3) is 0 Å². The Kier molecular flexibility index (Phi) is 4.18. The molecule has 0 N–H and O–H groups in total. The van der Waals surface area contributed by atoms with Crippen molar-refractivity contribution >= 4 is 5.97 Å². The molecule has 0 amide bonds. The third-order valence-electron chi connectivity index (χ3n) is 3.05. The molecule has 0 atom stereocenters. The average molecular weight is 196 g/mol. The van der Waals surface area contributed by atoms with Crippen LogP contribution in [0.2, 0.25) is 0 Å². The number of ether oxygens (including phenoxy) is 1. The van der Waals surface area contributed by atoms with E-state index in [0.29, 0.717) is 6.61 Å². The second-order valence-corrected chi connectivity index (χ2v) is 4.05. The van der Waals surface area contributed by atoms with Gasteiger partial charge < -0.3 is 4.74 Å². The molecule has 0 aromatic carbocycles. The van der Waals surface area contributed by atoms with Crippen molar-refractivity contribution in [3.05, 3.63) is 12.7 Å². The highest BCUT2D eigenvalue weighted by molar-refractivity contribution is 5.77. The molecule has 1 aliphatic carbocycles. The zero-order valence-corrected chi connectivity index (χ0v) is 9.05. The zero-order chi connectivity index (χ0) is 10.4. The Morgan fingerprint density at radius 1 is 1.43 bits per heavy atom. The van der Waals surface area contributed by atoms with Crippen LogP contribution in [0.4, 0.5) is 0 Å². The molecule has 1 saturated carbocycles. The molecule has 80 valence electrons. The summed E-state index contributed by atoms with van der Waals surface area (Å²) in [6, 6.07) is 0. The standard InChI is InChI=1S/C12H20O2/c1-3-8-12(11(13)14-4-2)9-6-5-7-10-12/h3H,1,4-10H2,2H3. The number of hydrogen-bond donors (Lipinski definition) is 0. The van der Waals surface area contributed by atoms with Gasteiger partial charge in [0.1, 0.15) is 0 Å². The minimum Gasteiger partial charge on any atom is -0.466 e. The Labute approximate surface area is 86.3 Å². The van der Waals surface area contributed by atoms with E-state index in [1.807, 2.05) is 13.0 Å². The largest absolute Gasteiger partial charge is 0.466 e. The lowest BCUT2D eigenvalue weighted by Crippen LogP contribution is -2.34. The number of hydrogen-bond acceptors (Lipinski definition) is 2. The Hall–Kier alpha value is -0.790. The first-order chi connectivity index (χ1) is 6.75. The van der Waals surface area contributed by atoms with Crippen LogP contribution in [0, 0.1) is 5.41 Å². The minimum absolute atomic E-state index is 0.0143. The number of allylic oxidation sites excluding steroid dienone is 1. The van der Waals surface area contributed by atoms with Crippen LogP contribution in [-0.2, 0) is 9.53 Å². The molecule has 2 heteroatoms. The highest BCUT2D eigenvalue weighted by Crippen LogP contribution is 2.40. The Morgan fingerprint density at radius 3 is 2.57 bits per heavy atom. The van der Waals surface area contributed by atoms with Crippen molar-refractivity contribution in [1.29, 1.82) is 0 Å². The fourth-order valence-electron chi connectivity index (χ4n) is 2.28. The number of esters is 1. The third kappa shape index (κ3) is 2.37. The molecular formula is C12H20O2. The molecule has 0 heterocycles. The molecule has 0 aromatic heterocycles. The summed E-state index contributed by atoms with van der Waals surface area (Å²) < 4.78 is 5.15. The van der Waals surface area contributed by atoms with Crippen molar-refractivity contribution < 1.29 is 9.53 Å². The molecular weight excluding hydrogens is 176 g/mol. The van der Waals surface area contributed by atoms with Gasteiger partial charge in [0.2, 0.25) is 0 Å². The van der Waals surface area contributed by atoms with Gasteiger partial charge in [-0.3, -0.25) is 4.79 Å². The summed E-state index contributed by atoms with van der Waals surface area (Å²) in [6.45, 7) is 6.08. The van der Waals surface area contributed by atoms with Crippen LogP contribution in [0.1, 0.15) is 45.4 Å². The van der Waals surface area contributed by atoms with Gasteiger partial charge in [-0.2, -0.15) is 0 Å². The van der Waals surface area contributed by atoms with Crippen LogP contribution in [0.3, 0.4) is 0 Å². The normalized spacial score (nSPS) is 20.1. The van der Waals surface area contributed by atoms with Crippen LogP contribution < -0.4 is 0 Å². The summed E-state index contributed by atoms with van der Waals surface area (Å²) in [5, 5.41) is 0. The van der Waals surface area contributed by atoms with E-state index in [0.717, 1.165) is 32.1 Å². The van der Waals surface area contributed by atoms with E-state index >= 15 is 0 Å². The molecule has 1 aliphatic rings. The van der Waals surface area contributed by atoms with Gasteiger partial charge in [-0.15, -0.1) is 6.58 Å². The Bertz CT molecular complexity index is 202. The van der Waals surface area contributed by atoms with Gasteiger partial charge >= 0.3 is 5.97 Å². The van der Waals surface area contributed by atoms with Gasteiger partial charge in [0.05, 0.1) is 12.0 Å². The van der Waals surface area contributed by atoms with Gasteiger partial charge in [0.15, 0.2) is 0 Å². The fourth-order valence-corrected chi connectivity index (χ4v) is 2.28. The highest BCUT2D eigenvalue weighted by atomic mass is 16.5. The van der Waals surface area contributed by atoms with Gasteiger partial charge in [-0.25, -0.2) is 0 Å². The number of rotatable bonds is 4. The van der Waals surface area contributed by atoms with Crippen LogP contribution in [0.15, 0.2) is 12.7 Å². The maximum Gasteiger partial charge on any atom is 0.312 e. The molecule has 0 bridgehead atoms. The molecule has 0 unspecified atom stereocenters. The van der Waals surface area contributed by atoms with E-state index < -0.39 is 0 Å². The van der Waals surface area contributed by atoms with E-state index in [9.17, 15) is 4.79 Å². The maximum absolute atomic E-state index is 11.8. The summed E-state index contributed by atoms with van der Waals surface area (Å²) in [7, 11) is 0. The molecule has 14 heavy (non-hydrogen) atoms. The summed E-state index contributed by atoms with van der Waals surface area (Å²) >= 11 is 0. The molecule has 2 nitrogen and oxygen atoms in total. The van der Waals surface area contributed by atoms with Crippen LogP contribution in [0.5, 0.6) is 0 Å². The Balaban J connectivity index is 2.68. The average Bonchev–Trinajstić information content (AvgIpc) is 2.20. The minimum atomic E-state index is -0.240. The molecule has 0 saturated heterocycles. The monoisotopic (exact) mass is 196 g/mol. The molecule has 0 aromatic rings. The van der Waals surface area contributed by atoms with E-state index in [-0.39, 0.29) is 11.4 Å². The van der Waals surface area contributed by atoms with Crippen molar-refractivity contribution in [3.63, 3.8) is 0 Å². The summed E-state index contributed by atoms with van der Waals surface area (Å²) in [5.41, 5.74) is -0.240. The van der Waals surface area contributed by atoms with Crippen molar-refractivity contribution in [1.82, 2.24) is 0 Å². The SMILES string of the molecule is C=CCC1(C(=O)OCC)CCCCC1. The van der Waals surface area contributed by atoms with Crippen molar-refractivity contribution in [2.24, 2.45) is 5.41 Å². The molecule has 0 radical (unpaired) electrons. The fraction of sp³-hybridized carbons (Fsp3) is 0.750. The van der Waals surface area contributed by atoms with Crippen molar-refractivity contribution in [3.8, 4) is 0 Å². The van der Waals surface area contributed by atoms with E-state index in [2.05, 4.69) is 6.58 Å². The molecule has 1 rings (SSSR count). The molecule has 0 aliphatic heterocycles. The van der Waals surface area contributed by atoms with Crippen molar-refractivity contribution in [2.75, 3.05) is 6.61 Å². The lowest BCUT2D eigenvalue weighted by Gasteiger charge is -2.33. The maximum atomic E-state index is 11.8. The van der Waals surface area contributed by atoms with Crippen LogP contribution in [0.25, 0.3) is 0 Å². The molecule has 0 spiro atoms. The summed E-state index contributed by atoms with van der Waals surface area (Å²) in [6.07, 6.45) is 8.10. The van der Waals surface area contributed by atoms with E-state index in [4.69, 9.17) is 4.74 Å². The smallest absolute Gasteiger partial charge is 0.312 e. The van der Waals surface area contributed by atoms with Gasteiger partial charge in [-0.05, 0) is 26.2 Å². The van der Waals surface area contributed by atoms with E-state index in [1.165, 1.54) is 6.42 Å². The quantitative estimate of drug-likeness (QED) is 0.510. The van der Waals surface area contributed by atoms with Crippen LogP contribution in [-0.4, -0.2) is 12.6 Å². The lowest BCUT2D eigenvalue weighted by molar-refractivity contribution is -0.157. The zero-order valence-electron chi connectivity index (χ0n) is 9.05. The first kappa shape index (κ1) is 11.3. The van der Waals surface area contributed by atoms with Crippen LogP contribution >= 0.6 is 0 Å². The predicted octanol–water partition coefficient (Wildman–Crippen LogP) is 3.08. The first-order valence-corrected chi connectivity index (χ1v) is 5.53. The Morgan fingerprint density at radius 2 is 2.07 bits per heavy atom. The summed E-state index contributed by atoms with van der Waals surface area (Å²) in [5.74, 6) is -0.0143. The predicted molar refractivity (Wildman–Crippen MR) is 57.0 cm³/mol. The second-order valence-electron chi connectivity index (χ2n) is 4.05. The van der Waals surface area contributed by atoms with Crippen molar-refractivity contribution in [2.45, 2.75) is 45.4 Å². The van der Waals surface area contributed by atoms with E-state index in [1.54, 1.807) is 0 Å². The number of carbonyl (C=O) groups excluding carboxylic acids is 1. The van der Waals surface area contributed by atoms with Gasteiger partial charge in [-0.1, -0.05) is 25.3 Å².